The van der Waals surface area contributed by atoms with E-state index in [1.54, 1.807) is 7.05 Å². The van der Waals surface area contributed by atoms with Crippen molar-refractivity contribution in [3.8, 4) is 6.07 Å². The van der Waals surface area contributed by atoms with E-state index >= 15 is 0 Å². The standard InChI is InChI=1S/C11H8ClN5O2/c1-16-6-7(5-13)11(15-16)14-9-4-8(12)2-3-10(9)17(18)19/h2-4,6H,1H3,(H,14,15). The zero-order valence-corrected chi connectivity index (χ0v) is 10.5. The van der Waals surface area contributed by atoms with E-state index in [2.05, 4.69) is 10.4 Å². The van der Waals surface area contributed by atoms with Crippen LogP contribution in [0.15, 0.2) is 24.4 Å². The largest absolute Gasteiger partial charge is 0.332 e. The lowest BCUT2D eigenvalue weighted by molar-refractivity contribution is -0.383. The van der Waals surface area contributed by atoms with Crippen molar-refractivity contribution >= 4 is 28.8 Å². The van der Waals surface area contributed by atoms with Gasteiger partial charge in [0.05, 0.1) is 4.92 Å². The first-order chi connectivity index (χ1) is 9.01. The molecule has 2 aromatic rings. The van der Waals surface area contributed by atoms with Crippen molar-refractivity contribution in [3.63, 3.8) is 0 Å². The van der Waals surface area contributed by atoms with Gasteiger partial charge in [-0.2, -0.15) is 10.4 Å². The minimum absolute atomic E-state index is 0.140. The Morgan fingerprint density at radius 3 is 2.95 bits per heavy atom. The van der Waals surface area contributed by atoms with Crippen LogP contribution in [0.2, 0.25) is 5.02 Å². The molecule has 1 aromatic carbocycles. The number of aromatic nitrogens is 2. The molecule has 2 rings (SSSR count). The first kappa shape index (κ1) is 12.9. The van der Waals surface area contributed by atoms with Gasteiger partial charge in [0.2, 0.25) is 0 Å². The van der Waals surface area contributed by atoms with Gasteiger partial charge in [0.15, 0.2) is 5.82 Å². The lowest BCUT2D eigenvalue weighted by atomic mass is 10.2. The summed E-state index contributed by atoms with van der Waals surface area (Å²) < 4.78 is 1.44. The summed E-state index contributed by atoms with van der Waals surface area (Å²) in [6.07, 6.45) is 1.51. The Balaban J connectivity index is 2.45. The van der Waals surface area contributed by atoms with E-state index in [0.29, 0.717) is 5.02 Å². The van der Waals surface area contributed by atoms with Gasteiger partial charge in [-0.1, -0.05) is 11.6 Å². The maximum atomic E-state index is 10.9. The Morgan fingerprint density at radius 2 is 2.32 bits per heavy atom. The van der Waals surface area contributed by atoms with Crippen LogP contribution in [-0.4, -0.2) is 14.7 Å². The Bertz CT molecular complexity index is 689. The van der Waals surface area contributed by atoms with Gasteiger partial charge in [-0.05, 0) is 12.1 Å². The number of hydrogen-bond donors (Lipinski definition) is 1. The third kappa shape index (κ3) is 2.64. The molecule has 0 radical (unpaired) electrons. The minimum atomic E-state index is -0.534. The molecule has 0 aliphatic heterocycles. The SMILES string of the molecule is Cn1cc(C#N)c(Nc2cc(Cl)ccc2[N+](=O)[O-])n1. The maximum absolute atomic E-state index is 10.9. The van der Waals surface area contributed by atoms with Gasteiger partial charge in [-0.15, -0.1) is 0 Å². The molecule has 0 atom stereocenters. The molecule has 0 unspecified atom stereocenters. The van der Waals surface area contributed by atoms with Crippen molar-refractivity contribution < 1.29 is 4.92 Å². The van der Waals surface area contributed by atoms with E-state index in [4.69, 9.17) is 16.9 Å². The molecule has 1 heterocycles. The number of nitro groups is 1. The van der Waals surface area contributed by atoms with Crippen LogP contribution < -0.4 is 5.32 Å². The summed E-state index contributed by atoms with van der Waals surface area (Å²) in [6, 6.07) is 6.08. The molecule has 19 heavy (non-hydrogen) atoms. The van der Waals surface area contributed by atoms with Crippen LogP contribution >= 0.6 is 11.6 Å². The number of halogens is 1. The van der Waals surface area contributed by atoms with Gasteiger partial charge < -0.3 is 5.32 Å². The van der Waals surface area contributed by atoms with E-state index < -0.39 is 4.92 Å². The highest BCUT2D eigenvalue weighted by Crippen LogP contribution is 2.30. The topological polar surface area (TPSA) is 96.8 Å². The summed E-state index contributed by atoms with van der Waals surface area (Å²) in [5, 5.41) is 27.0. The van der Waals surface area contributed by atoms with Crippen LogP contribution in [-0.2, 0) is 7.05 Å². The van der Waals surface area contributed by atoms with Crippen LogP contribution in [0.5, 0.6) is 0 Å². The Kier molecular flexibility index (Phi) is 3.35. The molecule has 7 nitrogen and oxygen atoms in total. The number of nitrogens with zero attached hydrogens (tertiary/aromatic N) is 4. The van der Waals surface area contributed by atoms with Crippen molar-refractivity contribution in [2.45, 2.75) is 0 Å². The van der Waals surface area contributed by atoms with Crippen LogP contribution in [0, 0.1) is 21.4 Å². The second-order valence-corrected chi connectivity index (χ2v) is 4.16. The molecule has 1 aromatic heterocycles. The number of hydrogen-bond acceptors (Lipinski definition) is 5. The van der Waals surface area contributed by atoms with E-state index in [1.807, 2.05) is 6.07 Å². The van der Waals surface area contributed by atoms with Gasteiger partial charge in [-0.3, -0.25) is 14.8 Å². The average Bonchev–Trinajstić information content (AvgIpc) is 2.69. The summed E-state index contributed by atoms with van der Waals surface area (Å²) in [6.45, 7) is 0. The fraction of sp³-hybridized carbons (Fsp3) is 0.0909. The number of nitriles is 1. The first-order valence-electron chi connectivity index (χ1n) is 5.16. The highest BCUT2D eigenvalue weighted by molar-refractivity contribution is 6.31. The van der Waals surface area contributed by atoms with Crippen LogP contribution in [0.1, 0.15) is 5.56 Å². The zero-order chi connectivity index (χ0) is 14.0. The van der Waals surface area contributed by atoms with E-state index in [-0.39, 0.29) is 22.8 Å². The molecular weight excluding hydrogens is 270 g/mol. The van der Waals surface area contributed by atoms with E-state index in [0.717, 1.165) is 0 Å². The number of rotatable bonds is 3. The van der Waals surface area contributed by atoms with Crippen molar-refractivity contribution in [3.05, 3.63) is 45.1 Å². The van der Waals surface area contributed by atoms with Crippen LogP contribution in [0.25, 0.3) is 0 Å². The van der Waals surface area contributed by atoms with Crippen molar-refractivity contribution in [2.75, 3.05) is 5.32 Å². The molecule has 0 aliphatic carbocycles. The van der Waals surface area contributed by atoms with E-state index in [9.17, 15) is 10.1 Å². The third-order valence-corrected chi connectivity index (χ3v) is 2.59. The molecule has 8 heteroatoms. The maximum Gasteiger partial charge on any atom is 0.292 e. The summed E-state index contributed by atoms with van der Waals surface area (Å²) in [7, 11) is 1.65. The normalized spacial score (nSPS) is 9.95. The Morgan fingerprint density at radius 1 is 1.58 bits per heavy atom. The number of aryl methyl sites for hydroxylation is 1. The summed E-state index contributed by atoms with van der Waals surface area (Å²) in [5.74, 6) is 0.246. The zero-order valence-electron chi connectivity index (χ0n) is 9.79. The predicted octanol–water partition coefficient (Wildman–Crippen LogP) is 2.60. The summed E-state index contributed by atoms with van der Waals surface area (Å²) in [5.41, 5.74) is 0.336. The molecule has 0 aliphatic rings. The molecule has 0 saturated heterocycles. The molecule has 96 valence electrons. The van der Waals surface area contributed by atoms with Gasteiger partial charge in [-0.25, -0.2) is 0 Å². The average molecular weight is 278 g/mol. The van der Waals surface area contributed by atoms with Crippen LogP contribution in [0.4, 0.5) is 17.2 Å². The molecule has 0 fully saturated rings. The fourth-order valence-corrected chi connectivity index (χ4v) is 1.73. The number of nitro benzene ring substituents is 1. The monoisotopic (exact) mass is 277 g/mol. The fourth-order valence-electron chi connectivity index (χ4n) is 1.56. The van der Waals surface area contributed by atoms with Gasteiger partial charge in [0, 0.05) is 24.3 Å². The van der Waals surface area contributed by atoms with Gasteiger partial charge in [0.25, 0.3) is 5.69 Å². The van der Waals surface area contributed by atoms with Gasteiger partial charge in [0.1, 0.15) is 17.3 Å². The van der Waals surface area contributed by atoms with E-state index in [1.165, 1.54) is 29.1 Å². The number of anilines is 2. The summed E-state index contributed by atoms with van der Waals surface area (Å²) in [4.78, 5) is 10.4. The smallest absolute Gasteiger partial charge is 0.292 e. The second-order valence-electron chi connectivity index (χ2n) is 3.72. The highest BCUT2D eigenvalue weighted by Gasteiger charge is 2.16. The molecular formula is C11H8ClN5O2. The molecule has 0 spiro atoms. The van der Waals surface area contributed by atoms with Crippen molar-refractivity contribution in [2.24, 2.45) is 7.05 Å². The van der Waals surface area contributed by atoms with Gasteiger partial charge >= 0.3 is 0 Å². The van der Waals surface area contributed by atoms with Crippen LogP contribution in [0.3, 0.4) is 0 Å². The lowest BCUT2D eigenvalue weighted by Gasteiger charge is -2.05. The highest BCUT2D eigenvalue weighted by atomic mass is 35.5. The lowest BCUT2D eigenvalue weighted by Crippen LogP contribution is -1.99. The molecule has 0 saturated carbocycles. The second kappa shape index (κ2) is 4.96. The number of benzene rings is 1. The quantitative estimate of drug-likeness (QED) is 0.687. The Hall–Kier alpha value is -2.59. The van der Waals surface area contributed by atoms with Crippen molar-refractivity contribution in [1.82, 2.24) is 9.78 Å². The third-order valence-electron chi connectivity index (χ3n) is 2.36. The Labute approximate surface area is 113 Å². The summed E-state index contributed by atoms with van der Waals surface area (Å²) >= 11 is 5.81. The first-order valence-corrected chi connectivity index (χ1v) is 5.54. The molecule has 0 amide bonds. The number of nitrogens with one attached hydrogen (secondary N) is 1. The predicted molar refractivity (Wildman–Crippen MR) is 69.3 cm³/mol. The van der Waals surface area contributed by atoms with Crippen molar-refractivity contribution in [1.29, 1.82) is 5.26 Å². The minimum Gasteiger partial charge on any atom is -0.332 e. The molecule has 0 bridgehead atoms. The molecule has 1 N–H and O–H groups in total.